The number of imidazole rings is 1. The predicted octanol–water partition coefficient (Wildman–Crippen LogP) is 5.67. The molecule has 0 unspecified atom stereocenters. The molecule has 2 aromatic carbocycles. The Labute approximate surface area is 192 Å². The van der Waals surface area contributed by atoms with E-state index in [1.54, 1.807) is 18.7 Å². The molecule has 0 fully saturated rings. The summed E-state index contributed by atoms with van der Waals surface area (Å²) in [5.74, 6) is 0.325. The van der Waals surface area contributed by atoms with Gasteiger partial charge in [0, 0.05) is 37.1 Å². The van der Waals surface area contributed by atoms with Gasteiger partial charge in [-0.15, -0.1) is 10.2 Å². The Bertz CT molecular complexity index is 1380. The van der Waals surface area contributed by atoms with E-state index in [-0.39, 0.29) is 0 Å². The normalized spacial score (nSPS) is 11.7. The number of aromatic nitrogens is 5. The summed E-state index contributed by atoms with van der Waals surface area (Å²) in [6, 6.07) is 10.7. The zero-order chi connectivity index (χ0) is 23.5. The molecule has 0 bridgehead atoms. The predicted molar refractivity (Wildman–Crippen MR) is 121 cm³/mol. The van der Waals surface area contributed by atoms with E-state index < -0.39 is 11.7 Å². The Balaban J connectivity index is 1.50. The molecule has 5 rings (SSSR count). The third-order valence-corrected chi connectivity index (χ3v) is 5.46. The number of hydrogen-bond acceptors (Lipinski definition) is 6. The molecule has 10 heteroatoms. The lowest BCUT2D eigenvalue weighted by molar-refractivity contribution is -0.137. The van der Waals surface area contributed by atoms with Crippen LogP contribution in [0.5, 0.6) is 0 Å². The highest BCUT2D eigenvalue weighted by Crippen LogP contribution is 2.36. The Morgan fingerprint density at radius 3 is 2.56 bits per heavy atom. The van der Waals surface area contributed by atoms with Crippen LogP contribution in [0.1, 0.15) is 12.0 Å². The molecule has 0 aliphatic carbocycles. The van der Waals surface area contributed by atoms with Crippen molar-refractivity contribution in [3.63, 3.8) is 0 Å². The number of halogens is 3. The Morgan fingerprint density at radius 2 is 1.85 bits per heavy atom. The Kier molecular flexibility index (Phi) is 5.70. The molecule has 0 spiro atoms. The second-order valence-electron chi connectivity index (χ2n) is 7.68. The molecule has 0 amide bonds. The number of rotatable bonds is 7. The Morgan fingerprint density at radius 1 is 1.03 bits per heavy atom. The molecule has 0 atom stereocenters. The van der Waals surface area contributed by atoms with Gasteiger partial charge in [-0.05, 0) is 41.8 Å². The summed E-state index contributed by atoms with van der Waals surface area (Å²) in [6.45, 7) is 1.45. The number of nitrogens with one attached hydrogen (secondary N) is 1. The van der Waals surface area contributed by atoms with Gasteiger partial charge in [-0.1, -0.05) is 18.2 Å². The van der Waals surface area contributed by atoms with Crippen LogP contribution in [0.15, 0.2) is 78.2 Å². The molecule has 172 valence electrons. The molecule has 0 saturated carbocycles. The minimum atomic E-state index is -4.38. The van der Waals surface area contributed by atoms with Crippen molar-refractivity contribution in [2.75, 3.05) is 11.9 Å². The van der Waals surface area contributed by atoms with Crippen LogP contribution in [0.4, 0.5) is 18.9 Å². The first-order chi connectivity index (χ1) is 16.5. The van der Waals surface area contributed by atoms with Crippen LogP contribution in [-0.2, 0) is 12.7 Å². The van der Waals surface area contributed by atoms with Crippen molar-refractivity contribution >= 4 is 16.6 Å². The lowest BCUT2D eigenvalue weighted by Crippen LogP contribution is -2.07. The highest BCUT2D eigenvalue weighted by atomic mass is 19.4. The van der Waals surface area contributed by atoms with E-state index in [1.807, 2.05) is 29.0 Å². The average molecular weight is 464 g/mol. The number of alkyl halides is 3. The van der Waals surface area contributed by atoms with E-state index in [1.165, 1.54) is 18.5 Å². The van der Waals surface area contributed by atoms with E-state index in [0.29, 0.717) is 23.6 Å². The monoisotopic (exact) mass is 464 g/mol. The molecule has 0 aliphatic heterocycles. The molecular formula is C24H19F3N6O. The van der Waals surface area contributed by atoms with Gasteiger partial charge < -0.3 is 14.3 Å². The second kappa shape index (κ2) is 8.97. The topological polar surface area (TPSA) is 81.7 Å². The van der Waals surface area contributed by atoms with E-state index in [2.05, 4.69) is 25.5 Å². The van der Waals surface area contributed by atoms with Crippen molar-refractivity contribution in [1.29, 1.82) is 0 Å². The maximum atomic E-state index is 13.0. The van der Waals surface area contributed by atoms with Gasteiger partial charge in [-0.2, -0.15) is 13.2 Å². The first kappa shape index (κ1) is 21.6. The van der Waals surface area contributed by atoms with Crippen molar-refractivity contribution < 1.29 is 17.6 Å². The van der Waals surface area contributed by atoms with Crippen LogP contribution < -0.4 is 5.32 Å². The summed E-state index contributed by atoms with van der Waals surface area (Å²) in [5.41, 5.74) is 2.91. The number of benzene rings is 2. The average Bonchev–Trinajstić information content (AvgIpc) is 3.55. The fraction of sp³-hybridized carbons (Fsp3) is 0.167. The van der Waals surface area contributed by atoms with Crippen molar-refractivity contribution in [2.24, 2.45) is 0 Å². The maximum absolute atomic E-state index is 13.0. The molecule has 0 radical (unpaired) electrons. The summed E-state index contributed by atoms with van der Waals surface area (Å²) in [5, 5.41) is 12.1. The van der Waals surface area contributed by atoms with Gasteiger partial charge in [0.05, 0.1) is 28.7 Å². The second-order valence-corrected chi connectivity index (χ2v) is 7.68. The van der Waals surface area contributed by atoms with E-state index in [4.69, 9.17) is 4.42 Å². The number of nitrogens with zero attached hydrogens (tertiary/aromatic N) is 5. The molecule has 34 heavy (non-hydrogen) atoms. The van der Waals surface area contributed by atoms with Gasteiger partial charge in [0.25, 0.3) is 5.89 Å². The minimum Gasteiger partial charge on any atom is -0.423 e. The molecule has 0 saturated heterocycles. The van der Waals surface area contributed by atoms with Crippen molar-refractivity contribution in [1.82, 2.24) is 24.7 Å². The maximum Gasteiger partial charge on any atom is 0.416 e. The molecule has 0 aliphatic rings. The highest BCUT2D eigenvalue weighted by Gasteiger charge is 2.30. The molecule has 1 N–H and O–H groups in total. The molecule has 5 aromatic rings. The smallest absolute Gasteiger partial charge is 0.416 e. The standard InChI is InChI=1S/C24H19F3N6O/c25-24(26,27)18-5-2-16(3-6-18)17-4-7-21-19(12-17)22(20(13-30-21)23-32-31-15-34-23)29-8-1-10-33-11-9-28-14-33/h2-7,9,11-15H,1,8,10H2,(H,29,30). The van der Waals surface area contributed by atoms with Crippen LogP contribution in [0.3, 0.4) is 0 Å². The number of fused-ring (bicyclic) bond motifs is 1. The van der Waals surface area contributed by atoms with Crippen LogP contribution in [-0.4, -0.2) is 31.3 Å². The van der Waals surface area contributed by atoms with Crippen molar-refractivity contribution in [2.45, 2.75) is 19.1 Å². The van der Waals surface area contributed by atoms with Crippen LogP contribution in [0.2, 0.25) is 0 Å². The van der Waals surface area contributed by atoms with Gasteiger partial charge in [0.1, 0.15) is 0 Å². The quantitative estimate of drug-likeness (QED) is 0.313. The lowest BCUT2D eigenvalue weighted by Gasteiger charge is -2.14. The summed E-state index contributed by atoms with van der Waals surface area (Å²) < 4.78 is 46.3. The summed E-state index contributed by atoms with van der Waals surface area (Å²) >= 11 is 0. The summed E-state index contributed by atoms with van der Waals surface area (Å²) in [7, 11) is 0. The third kappa shape index (κ3) is 4.47. The van der Waals surface area contributed by atoms with Crippen molar-refractivity contribution in [3.8, 4) is 22.6 Å². The largest absolute Gasteiger partial charge is 0.423 e. The van der Waals surface area contributed by atoms with Gasteiger partial charge >= 0.3 is 6.18 Å². The summed E-state index contributed by atoms with van der Waals surface area (Å²) in [6.07, 6.45) is 4.79. The van der Waals surface area contributed by atoms with E-state index in [0.717, 1.165) is 47.3 Å². The lowest BCUT2D eigenvalue weighted by atomic mass is 10.00. The first-order valence-electron chi connectivity index (χ1n) is 10.6. The summed E-state index contributed by atoms with van der Waals surface area (Å²) in [4.78, 5) is 8.57. The fourth-order valence-electron chi connectivity index (χ4n) is 3.76. The zero-order valence-electron chi connectivity index (χ0n) is 17.8. The number of hydrogen-bond donors (Lipinski definition) is 1. The van der Waals surface area contributed by atoms with Gasteiger partial charge in [0.15, 0.2) is 0 Å². The molecule has 3 heterocycles. The van der Waals surface area contributed by atoms with Crippen LogP contribution in [0, 0.1) is 0 Å². The van der Waals surface area contributed by atoms with Crippen LogP contribution >= 0.6 is 0 Å². The number of aryl methyl sites for hydroxylation is 1. The molecule has 7 nitrogen and oxygen atoms in total. The van der Waals surface area contributed by atoms with Crippen molar-refractivity contribution in [3.05, 3.63) is 79.3 Å². The highest BCUT2D eigenvalue weighted by molar-refractivity contribution is 6.00. The zero-order valence-corrected chi connectivity index (χ0v) is 17.8. The van der Waals surface area contributed by atoms with Crippen LogP contribution in [0.25, 0.3) is 33.5 Å². The van der Waals surface area contributed by atoms with E-state index >= 15 is 0 Å². The first-order valence-corrected chi connectivity index (χ1v) is 10.6. The fourth-order valence-corrected chi connectivity index (χ4v) is 3.76. The minimum absolute atomic E-state index is 0.325. The molecular weight excluding hydrogens is 445 g/mol. The van der Waals surface area contributed by atoms with Gasteiger partial charge in [-0.25, -0.2) is 4.98 Å². The Hall–Kier alpha value is -4.21. The SMILES string of the molecule is FC(F)(F)c1ccc(-c2ccc3ncc(-c4nnco4)c(NCCCn4ccnc4)c3c2)cc1. The number of pyridine rings is 1. The molecule has 3 aromatic heterocycles. The number of anilines is 1. The van der Waals surface area contributed by atoms with E-state index in [9.17, 15) is 13.2 Å². The van der Waals surface area contributed by atoms with Gasteiger partial charge in [0.2, 0.25) is 6.39 Å². The van der Waals surface area contributed by atoms with Gasteiger partial charge in [-0.3, -0.25) is 4.98 Å². The third-order valence-electron chi connectivity index (χ3n) is 5.46.